The van der Waals surface area contributed by atoms with Crippen LogP contribution in [0.25, 0.3) is 6.08 Å². The number of nitrogens with one attached hydrogen (secondary N) is 2. The molecule has 2 rings (SSSR count). The maximum Gasteiger partial charge on any atom is 0.250 e. The Morgan fingerprint density at radius 2 is 2.00 bits per heavy atom. The number of hydrogen-bond acceptors (Lipinski definition) is 3. The van der Waals surface area contributed by atoms with E-state index in [1.807, 2.05) is 43.3 Å². The summed E-state index contributed by atoms with van der Waals surface area (Å²) in [6, 6.07) is 12.9. The number of aryl methyl sites for hydroxylation is 1. The van der Waals surface area contributed by atoms with Gasteiger partial charge in [0.25, 0.3) is 0 Å². The molecule has 0 heterocycles. The second-order valence-corrected chi connectivity index (χ2v) is 5.80. The Labute approximate surface area is 151 Å². The summed E-state index contributed by atoms with van der Waals surface area (Å²) in [6.07, 6.45) is 3.06. The molecule has 0 aliphatic rings. The number of para-hydroxylation sites is 1. The highest BCUT2D eigenvalue weighted by Gasteiger charge is 2.04. The Hall–Kier alpha value is -2.37. The number of anilines is 1. The summed E-state index contributed by atoms with van der Waals surface area (Å²) < 4.78 is 5.22. The zero-order valence-corrected chi connectivity index (χ0v) is 14.9. The second kappa shape index (κ2) is 8.47. The number of amides is 1. The minimum atomic E-state index is -0.336. The number of carbonyl (C=O) groups excluding carboxylic acids is 1. The lowest BCUT2D eigenvalue weighted by Gasteiger charge is -2.09. The molecule has 6 heteroatoms. The van der Waals surface area contributed by atoms with Crippen LogP contribution >= 0.6 is 23.8 Å². The van der Waals surface area contributed by atoms with Crippen LogP contribution < -0.4 is 15.4 Å². The molecule has 0 fully saturated rings. The number of carbonyl (C=O) groups is 1. The van der Waals surface area contributed by atoms with Crippen LogP contribution in [0.1, 0.15) is 11.1 Å². The van der Waals surface area contributed by atoms with E-state index in [0.29, 0.717) is 16.5 Å². The van der Waals surface area contributed by atoms with Crippen molar-refractivity contribution in [3.8, 4) is 5.75 Å². The molecule has 0 atom stereocenters. The summed E-state index contributed by atoms with van der Waals surface area (Å²) in [5.41, 5.74) is 2.49. The molecular weight excluding hydrogens is 344 g/mol. The lowest BCUT2D eigenvalue weighted by Crippen LogP contribution is -2.32. The van der Waals surface area contributed by atoms with E-state index < -0.39 is 0 Å². The minimum absolute atomic E-state index is 0.199. The van der Waals surface area contributed by atoms with Crippen molar-refractivity contribution in [1.29, 1.82) is 0 Å². The summed E-state index contributed by atoms with van der Waals surface area (Å²) >= 11 is 11.2. The first-order chi connectivity index (χ1) is 11.5. The van der Waals surface area contributed by atoms with Gasteiger partial charge in [-0.25, -0.2) is 0 Å². The average molecular weight is 361 g/mol. The minimum Gasteiger partial charge on any atom is -0.496 e. The number of hydrogen-bond donors (Lipinski definition) is 2. The molecule has 0 unspecified atom stereocenters. The van der Waals surface area contributed by atoms with Crippen molar-refractivity contribution < 1.29 is 9.53 Å². The molecule has 0 saturated heterocycles. The second-order valence-electron chi connectivity index (χ2n) is 4.98. The smallest absolute Gasteiger partial charge is 0.250 e. The van der Waals surface area contributed by atoms with Crippen molar-refractivity contribution in [3.63, 3.8) is 0 Å². The van der Waals surface area contributed by atoms with Gasteiger partial charge in [0.1, 0.15) is 5.75 Å². The molecule has 0 spiro atoms. The third-order valence-corrected chi connectivity index (χ3v) is 3.83. The lowest BCUT2D eigenvalue weighted by molar-refractivity contribution is -0.115. The summed E-state index contributed by atoms with van der Waals surface area (Å²) in [5, 5.41) is 6.33. The molecule has 0 aliphatic carbocycles. The van der Waals surface area contributed by atoms with E-state index in [4.69, 9.17) is 28.6 Å². The monoisotopic (exact) mass is 360 g/mol. The molecule has 1 amide bonds. The normalized spacial score (nSPS) is 10.5. The standard InChI is InChI=1S/C18H17ClN2O2S/c1-12-7-9-14(11-15(12)19)20-18(24)21-17(22)10-8-13-5-3-4-6-16(13)23-2/h3-11H,1-2H3,(H2,20,21,22,24). The number of halogens is 1. The molecule has 4 nitrogen and oxygen atoms in total. The maximum atomic E-state index is 11.9. The number of rotatable bonds is 4. The van der Waals surface area contributed by atoms with Crippen molar-refractivity contribution in [1.82, 2.24) is 5.32 Å². The number of ether oxygens (including phenoxy) is 1. The van der Waals surface area contributed by atoms with E-state index in [1.165, 1.54) is 6.08 Å². The third-order valence-electron chi connectivity index (χ3n) is 3.22. The zero-order chi connectivity index (χ0) is 17.5. The van der Waals surface area contributed by atoms with Crippen LogP contribution in [-0.4, -0.2) is 18.1 Å². The highest BCUT2D eigenvalue weighted by molar-refractivity contribution is 7.80. The fourth-order valence-electron chi connectivity index (χ4n) is 1.96. The van der Waals surface area contributed by atoms with Crippen molar-refractivity contribution in [2.24, 2.45) is 0 Å². The van der Waals surface area contributed by atoms with E-state index in [9.17, 15) is 4.79 Å². The topological polar surface area (TPSA) is 50.4 Å². The Morgan fingerprint density at radius 1 is 1.25 bits per heavy atom. The van der Waals surface area contributed by atoms with Gasteiger partial charge >= 0.3 is 0 Å². The van der Waals surface area contributed by atoms with Crippen LogP contribution in [0.2, 0.25) is 5.02 Å². The molecule has 2 N–H and O–H groups in total. The van der Waals surface area contributed by atoms with Gasteiger partial charge in [-0.1, -0.05) is 35.9 Å². The SMILES string of the molecule is COc1ccccc1C=CC(=O)NC(=S)Nc1ccc(C)c(Cl)c1. The lowest BCUT2D eigenvalue weighted by atomic mass is 10.2. The van der Waals surface area contributed by atoms with Crippen LogP contribution in [0.5, 0.6) is 5.75 Å². The molecular formula is C18H17ClN2O2S. The summed E-state index contributed by atoms with van der Waals surface area (Å²) in [7, 11) is 1.58. The van der Waals surface area contributed by atoms with Gasteiger partial charge < -0.3 is 10.1 Å². The molecule has 0 aliphatic heterocycles. The fourth-order valence-corrected chi connectivity index (χ4v) is 2.36. The van der Waals surface area contributed by atoms with Crippen molar-refractivity contribution in [2.45, 2.75) is 6.92 Å². The fraction of sp³-hybridized carbons (Fsp3) is 0.111. The predicted octanol–water partition coefficient (Wildman–Crippen LogP) is 4.18. The zero-order valence-electron chi connectivity index (χ0n) is 13.3. The summed E-state index contributed by atoms with van der Waals surface area (Å²) in [4.78, 5) is 11.9. The Bertz CT molecular complexity index is 790. The van der Waals surface area contributed by atoms with E-state index in [-0.39, 0.29) is 11.0 Å². The van der Waals surface area contributed by atoms with E-state index in [1.54, 1.807) is 19.3 Å². The largest absolute Gasteiger partial charge is 0.496 e. The van der Waals surface area contributed by atoms with Crippen LogP contribution in [0.15, 0.2) is 48.5 Å². The van der Waals surface area contributed by atoms with Crippen LogP contribution in [-0.2, 0) is 4.79 Å². The molecule has 2 aromatic rings. The molecule has 0 radical (unpaired) electrons. The Balaban J connectivity index is 1.95. The number of thiocarbonyl (C=S) groups is 1. The number of benzene rings is 2. The maximum absolute atomic E-state index is 11.9. The Morgan fingerprint density at radius 3 is 2.71 bits per heavy atom. The molecule has 124 valence electrons. The van der Waals surface area contributed by atoms with Crippen LogP contribution in [0.3, 0.4) is 0 Å². The molecule has 0 saturated carbocycles. The van der Waals surface area contributed by atoms with Gasteiger partial charge in [-0.3, -0.25) is 10.1 Å². The van der Waals surface area contributed by atoms with Crippen molar-refractivity contribution in [2.75, 3.05) is 12.4 Å². The summed E-state index contributed by atoms with van der Waals surface area (Å²) in [6.45, 7) is 1.91. The van der Waals surface area contributed by atoms with Gasteiger partial charge in [0.05, 0.1) is 7.11 Å². The van der Waals surface area contributed by atoms with Gasteiger partial charge in [0.15, 0.2) is 5.11 Å². The van der Waals surface area contributed by atoms with Crippen LogP contribution in [0, 0.1) is 6.92 Å². The van der Waals surface area contributed by atoms with Crippen molar-refractivity contribution >= 4 is 46.6 Å². The van der Waals surface area contributed by atoms with E-state index in [0.717, 1.165) is 11.1 Å². The molecule has 24 heavy (non-hydrogen) atoms. The van der Waals surface area contributed by atoms with Crippen LogP contribution in [0.4, 0.5) is 5.69 Å². The first kappa shape index (κ1) is 18.0. The van der Waals surface area contributed by atoms with Gasteiger partial charge in [-0.05, 0) is 49.0 Å². The van der Waals surface area contributed by atoms with Gasteiger partial charge in [-0.2, -0.15) is 0 Å². The Kier molecular flexibility index (Phi) is 6.35. The number of methoxy groups -OCH3 is 1. The molecule has 2 aromatic carbocycles. The quantitative estimate of drug-likeness (QED) is 0.634. The van der Waals surface area contributed by atoms with Gasteiger partial charge in [0.2, 0.25) is 5.91 Å². The van der Waals surface area contributed by atoms with Gasteiger partial charge in [-0.15, -0.1) is 0 Å². The average Bonchev–Trinajstić information content (AvgIpc) is 2.56. The van der Waals surface area contributed by atoms with Crippen molar-refractivity contribution in [3.05, 3.63) is 64.7 Å². The van der Waals surface area contributed by atoms with Gasteiger partial charge in [0, 0.05) is 22.3 Å². The molecule has 0 aromatic heterocycles. The highest BCUT2D eigenvalue weighted by atomic mass is 35.5. The van der Waals surface area contributed by atoms with E-state index >= 15 is 0 Å². The highest BCUT2D eigenvalue weighted by Crippen LogP contribution is 2.20. The first-order valence-corrected chi connectivity index (χ1v) is 7.97. The predicted molar refractivity (Wildman–Crippen MR) is 103 cm³/mol. The van der Waals surface area contributed by atoms with E-state index in [2.05, 4.69) is 10.6 Å². The molecule has 0 bridgehead atoms. The third kappa shape index (κ3) is 5.08. The first-order valence-electron chi connectivity index (χ1n) is 7.19. The summed E-state index contributed by atoms with van der Waals surface area (Å²) in [5.74, 6) is 0.355.